The third kappa shape index (κ3) is 11.9. The Labute approximate surface area is 502 Å². The van der Waals surface area contributed by atoms with Crippen LogP contribution >= 0.6 is 0 Å². The van der Waals surface area contributed by atoms with Crippen LogP contribution in [0.15, 0.2) is 48.5 Å². The lowest BCUT2D eigenvalue weighted by molar-refractivity contribution is -0.138. The van der Waals surface area contributed by atoms with E-state index in [2.05, 4.69) is 19.9 Å². The first-order chi connectivity index (χ1) is 41.2. The van der Waals surface area contributed by atoms with Crippen molar-refractivity contribution in [2.24, 2.45) is 0 Å². The zero-order chi connectivity index (χ0) is 62.8. The number of H-pyrrole nitrogens is 4. The number of carboxylic acids is 4. The van der Waals surface area contributed by atoms with Crippen molar-refractivity contribution in [3.8, 4) is 0 Å². The normalized spacial score (nSPS) is 15.0. The van der Waals surface area contributed by atoms with E-state index in [1.165, 1.54) is 0 Å². The molecule has 0 saturated heterocycles. The van der Waals surface area contributed by atoms with Gasteiger partial charge in [-0.3, -0.25) is 19.2 Å². The maximum absolute atomic E-state index is 12.1. The van der Waals surface area contributed by atoms with Crippen molar-refractivity contribution >= 4 is 113 Å². The molecule has 19 nitrogen and oxygen atoms in total. The number of rotatable bonds is 18. The molecule has 4 atom stereocenters. The van der Waals surface area contributed by atoms with Crippen molar-refractivity contribution in [3.63, 3.8) is 0 Å². The van der Waals surface area contributed by atoms with Gasteiger partial charge in [-0.1, -0.05) is 0 Å². The number of hydrogen-bond acceptors (Lipinski definition) is 11. The van der Waals surface area contributed by atoms with Gasteiger partial charge in [0, 0.05) is 92.1 Å². The second kappa shape index (κ2) is 24.0. The van der Waals surface area contributed by atoms with Crippen LogP contribution in [0.4, 0.5) is 0 Å². The topological polar surface area (TPSA) is 314 Å². The quantitative estimate of drug-likeness (QED) is 0.0382. The summed E-state index contributed by atoms with van der Waals surface area (Å²) in [5.74, 6) is -3.82. The minimum absolute atomic E-state index is 0.115. The minimum Gasteiger partial charge on any atom is -0.481 e. The number of aliphatic carboxylic acids is 4. The van der Waals surface area contributed by atoms with Gasteiger partial charge in [-0.05, 0) is 224 Å². The van der Waals surface area contributed by atoms with E-state index in [-0.39, 0.29) is 51.4 Å². The average molecular weight is 1180 g/mol. The van der Waals surface area contributed by atoms with Crippen LogP contribution in [0, 0.1) is 27.7 Å². The molecule has 0 aromatic carbocycles. The number of hydrogen-bond donors (Lipinski definition) is 10. The highest BCUT2D eigenvalue weighted by atomic mass is 16.5. The summed E-state index contributed by atoms with van der Waals surface area (Å²) in [7, 11) is 0. The molecule has 10 heterocycles. The Morgan fingerprint density at radius 3 is 1.21 bits per heavy atom. The number of fused-ring (bicyclic) bond motifs is 16. The van der Waals surface area contributed by atoms with Gasteiger partial charge in [-0.15, -0.1) is 0 Å². The fourth-order valence-electron chi connectivity index (χ4n) is 13.0. The predicted octanol–water partition coefficient (Wildman–Crippen LogP) is 13.3. The molecule has 0 aliphatic carbocycles. The van der Waals surface area contributed by atoms with E-state index in [1.54, 1.807) is 13.8 Å². The van der Waals surface area contributed by atoms with Gasteiger partial charge in [-0.2, -0.15) is 0 Å². The molecule has 10 N–H and O–H groups in total. The average Bonchev–Trinajstić information content (AvgIpc) is 1.74. The predicted molar refractivity (Wildman–Crippen MR) is 338 cm³/mol. The standard InChI is InChI=1S/C68H74N8O11/c1-29-41(13-17-61(79)80)53-28-56-44(16-20-64(85)86)32(4)48(72-56)24-59-68(36(8)52(76-59)25-58-65(37(9)77)33(5)49(73-58)21-45(29)69-53)40(12)87-39(11)67-35(7)50-22-46-30(2)42(14-18-62(81)82)54(70-46)27-55-43(15-19-63(83)84)31(3)47(71-55)23-57-66(38(10)78)34(6)51(74-57)26-60(67)75-50/h21-28,37-40,70-71,73,76-78H,13-20H2,1-12H3,(H,79,80)(H,81,82)(H,83,84)(H,85,86). The van der Waals surface area contributed by atoms with E-state index in [0.717, 1.165) is 83.5 Å². The number of nitrogens with zero attached hydrogens (tertiary/aromatic N) is 4. The van der Waals surface area contributed by atoms with Gasteiger partial charge in [0.1, 0.15) is 0 Å². The van der Waals surface area contributed by atoms with E-state index >= 15 is 0 Å². The van der Waals surface area contributed by atoms with E-state index in [4.69, 9.17) is 24.7 Å². The molecule has 0 radical (unpaired) electrons. The molecule has 4 aliphatic heterocycles. The van der Waals surface area contributed by atoms with Gasteiger partial charge < -0.3 is 55.3 Å². The van der Waals surface area contributed by atoms with Crippen molar-refractivity contribution in [2.75, 3.05) is 0 Å². The number of aryl methyl sites for hydroxylation is 6. The lowest BCUT2D eigenvalue weighted by Crippen LogP contribution is -2.14. The number of carbonyl (C=O) groups is 4. The molecule has 87 heavy (non-hydrogen) atoms. The number of nitrogens with one attached hydrogen (secondary N) is 4. The molecule has 0 saturated carbocycles. The summed E-state index contributed by atoms with van der Waals surface area (Å²) in [5.41, 5.74) is 22.4. The largest absolute Gasteiger partial charge is 0.481 e. The Balaban J connectivity index is 1.18. The second-order valence-electron chi connectivity index (χ2n) is 23.4. The monoisotopic (exact) mass is 1180 g/mol. The van der Waals surface area contributed by atoms with Crippen molar-refractivity contribution in [3.05, 3.63) is 139 Å². The van der Waals surface area contributed by atoms with Crippen LogP contribution < -0.4 is 0 Å². The van der Waals surface area contributed by atoms with Crippen molar-refractivity contribution in [2.45, 2.75) is 159 Å². The molecule has 10 rings (SSSR count). The van der Waals surface area contributed by atoms with Crippen LogP contribution in [0.25, 0.3) is 88.7 Å². The summed E-state index contributed by atoms with van der Waals surface area (Å²) in [6, 6.07) is 15.3. The Hall–Kier alpha value is -9.04. The van der Waals surface area contributed by atoms with E-state index in [0.29, 0.717) is 95.3 Å². The smallest absolute Gasteiger partial charge is 0.303 e. The van der Waals surface area contributed by atoms with Gasteiger partial charge in [0.05, 0.1) is 70.0 Å². The van der Waals surface area contributed by atoms with Crippen LogP contribution in [-0.4, -0.2) is 107 Å². The van der Waals surface area contributed by atoms with E-state index < -0.39 is 48.3 Å². The SMILES string of the molecule is CC1=C(CCC(=O)O)c2cc3nc(cc4[nH]c(cc5[nH]c(cc1n2)c(C)c5C(C)O)c(C)c4C(C)OC(C)C1=C(C)c2cc4[nH]c(cc5[nH]c(cc6nc(cc1n2)C(C)=C6C(C)O)c(C)c5CCC(=O)O)c(CCC(=O)O)c4C)C(C)=C3CCC(=O)O. The van der Waals surface area contributed by atoms with Gasteiger partial charge >= 0.3 is 23.9 Å². The number of aromatic nitrogens is 8. The van der Waals surface area contributed by atoms with Crippen LogP contribution in [0.3, 0.4) is 0 Å². The number of ether oxygens (including phenoxy) is 1. The third-order valence-corrected chi connectivity index (χ3v) is 17.7. The second-order valence-corrected chi connectivity index (χ2v) is 23.4. The van der Waals surface area contributed by atoms with E-state index in [9.17, 15) is 49.8 Å². The first-order valence-electron chi connectivity index (χ1n) is 29.4. The first kappa shape index (κ1) is 61.1. The van der Waals surface area contributed by atoms with Crippen molar-refractivity contribution < 1.29 is 54.6 Å². The molecule has 6 aromatic rings. The van der Waals surface area contributed by atoms with Gasteiger partial charge in [0.25, 0.3) is 0 Å². The highest BCUT2D eigenvalue weighted by Crippen LogP contribution is 2.43. The molecule has 19 heteroatoms. The summed E-state index contributed by atoms with van der Waals surface area (Å²) >= 11 is 0. The lowest BCUT2D eigenvalue weighted by atomic mass is 9.98. The number of aromatic amines is 4. The Morgan fingerprint density at radius 1 is 0.379 bits per heavy atom. The molecule has 4 unspecified atom stereocenters. The molecule has 0 amide bonds. The number of aliphatic hydroxyl groups excluding tert-OH is 2. The summed E-state index contributed by atoms with van der Waals surface area (Å²) < 4.78 is 7.26. The molecule has 452 valence electrons. The van der Waals surface area contributed by atoms with E-state index in [1.807, 2.05) is 118 Å². The first-order valence-corrected chi connectivity index (χ1v) is 29.4. The third-order valence-electron chi connectivity index (χ3n) is 17.7. The fourth-order valence-corrected chi connectivity index (χ4v) is 13.0. The molecule has 0 fully saturated rings. The van der Waals surface area contributed by atoms with Crippen LogP contribution in [-0.2, 0) is 36.8 Å². The number of allylic oxidation sites excluding steroid dienone is 6. The van der Waals surface area contributed by atoms with Crippen LogP contribution in [0.2, 0.25) is 0 Å². The molecule has 6 aromatic heterocycles. The minimum atomic E-state index is -0.965. The number of aliphatic hydroxyl groups is 2. The summed E-state index contributed by atoms with van der Waals surface area (Å²) in [6.45, 7) is 22.9. The molecule has 4 aliphatic rings. The summed E-state index contributed by atoms with van der Waals surface area (Å²) in [4.78, 5) is 83.3. The maximum Gasteiger partial charge on any atom is 0.303 e. The molecular weight excluding hydrogens is 1100 g/mol. The van der Waals surface area contributed by atoms with Crippen LogP contribution in [0.5, 0.6) is 0 Å². The highest BCUT2D eigenvalue weighted by molar-refractivity contribution is 5.99. The van der Waals surface area contributed by atoms with Gasteiger partial charge in [-0.25, -0.2) is 19.9 Å². The highest BCUT2D eigenvalue weighted by Gasteiger charge is 2.30. The number of carboxylic acid groups (broad SMARTS) is 4. The zero-order valence-electron chi connectivity index (χ0n) is 51.1. The fraction of sp³-hybridized carbons (Fsp3) is 0.353. The zero-order valence-corrected chi connectivity index (χ0v) is 51.1. The Morgan fingerprint density at radius 2 is 0.724 bits per heavy atom. The van der Waals surface area contributed by atoms with Gasteiger partial charge in [0.15, 0.2) is 0 Å². The molecular formula is C68H74N8O11. The molecule has 16 bridgehead atoms. The van der Waals surface area contributed by atoms with Gasteiger partial charge in [0.2, 0.25) is 0 Å². The van der Waals surface area contributed by atoms with Crippen LogP contribution in [0.1, 0.15) is 196 Å². The Bertz CT molecular complexity index is 4420. The van der Waals surface area contributed by atoms with Crippen molar-refractivity contribution in [1.82, 2.24) is 39.9 Å². The maximum atomic E-state index is 12.1. The summed E-state index contributed by atoms with van der Waals surface area (Å²) in [5, 5.41) is 62.2. The van der Waals surface area contributed by atoms with Crippen molar-refractivity contribution in [1.29, 1.82) is 0 Å². The lowest BCUT2D eigenvalue weighted by Gasteiger charge is -2.22. The Kier molecular flexibility index (Phi) is 16.9. The summed E-state index contributed by atoms with van der Waals surface area (Å²) in [6.07, 6.45) is -2.73. The molecule has 0 spiro atoms.